The van der Waals surface area contributed by atoms with Gasteiger partial charge in [-0.15, -0.1) is 0 Å². The molecule has 0 nitrogen and oxygen atoms in total. The molecule has 0 aromatic carbocycles. The van der Waals surface area contributed by atoms with E-state index in [1.807, 2.05) is 0 Å². The zero-order valence-corrected chi connectivity index (χ0v) is 12.9. The molecule has 1 fully saturated rings. The van der Waals surface area contributed by atoms with Crippen LogP contribution < -0.4 is 0 Å². The third kappa shape index (κ3) is 4.38. The largest absolute Gasteiger partial charge is 0.115 e. The Labute approximate surface area is 111 Å². The smallest absolute Gasteiger partial charge is 0.0895 e. The summed E-state index contributed by atoms with van der Waals surface area (Å²) in [6, 6.07) is 0. The molecule has 2 heteroatoms. The second-order valence-electron chi connectivity index (χ2n) is 7.39. The van der Waals surface area contributed by atoms with Crippen molar-refractivity contribution in [2.24, 2.45) is 11.3 Å². The Morgan fingerprint density at radius 2 is 1.35 bits per heavy atom. The minimum Gasteiger partial charge on any atom is -0.0895 e. The molecule has 0 bridgehead atoms. The zero-order chi connectivity index (χ0) is 12.9. The van der Waals surface area contributed by atoms with Gasteiger partial charge in [0.15, 0.2) is 0 Å². The van der Waals surface area contributed by atoms with Crippen LogP contribution >= 0.6 is 0 Å². The van der Waals surface area contributed by atoms with Crippen LogP contribution in [-0.2, 0) is 0 Å². The van der Waals surface area contributed by atoms with Gasteiger partial charge in [0, 0.05) is 0 Å². The fourth-order valence-corrected chi connectivity index (χ4v) is 3.34. The van der Waals surface area contributed by atoms with Crippen molar-refractivity contribution in [1.82, 2.24) is 0 Å². The lowest BCUT2D eigenvalue weighted by molar-refractivity contribution is 0.164. The van der Waals surface area contributed by atoms with Gasteiger partial charge >= 0.3 is 0 Å². The highest BCUT2D eigenvalue weighted by Crippen LogP contribution is 2.42. The molecule has 0 amide bonds. The third-order valence-electron chi connectivity index (χ3n) is 5.80. The van der Waals surface area contributed by atoms with E-state index in [-0.39, 0.29) is 0 Å². The van der Waals surface area contributed by atoms with Gasteiger partial charge in [0.25, 0.3) is 0 Å². The first-order valence-electron chi connectivity index (χ1n) is 7.92. The quantitative estimate of drug-likeness (QED) is 0.633. The van der Waals surface area contributed by atoms with Crippen LogP contribution in [0.3, 0.4) is 0 Å². The Kier molecular flexibility index (Phi) is 5.67. The van der Waals surface area contributed by atoms with Crippen LogP contribution in [0.5, 0.6) is 0 Å². The predicted octanol–water partition coefficient (Wildman–Crippen LogP) is 4.02. The highest BCUT2D eigenvalue weighted by Gasteiger charge is 2.30. The minimum absolute atomic E-state index is 0.611. The highest BCUT2D eigenvalue weighted by molar-refractivity contribution is 6.52. The van der Waals surface area contributed by atoms with Crippen molar-refractivity contribution in [2.75, 3.05) is 0 Å². The van der Waals surface area contributed by atoms with Crippen molar-refractivity contribution >= 4 is 15.1 Å². The first kappa shape index (κ1) is 15.2. The maximum Gasteiger partial charge on any atom is 0.115 e. The lowest BCUT2D eigenvalue weighted by Crippen LogP contribution is -2.26. The molecule has 0 unspecified atom stereocenters. The van der Waals surface area contributed by atoms with Crippen LogP contribution in [-0.4, -0.2) is 15.1 Å². The van der Waals surface area contributed by atoms with Crippen LogP contribution in [0.2, 0.25) is 12.0 Å². The van der Waals surface area contributed by atoms with Crippen LogP contribution in [0.4, 0.5) is 0 Å². The molecule has 0 N–H and O–H groups in total. The van der Waals surface area contributed by atoms with Crippen LogP contribution in [0.1, 0.15) is 72.1 Å². The Bertz CT molecular complexity index is 211. The summed E-state index contributed by atoms with van der Waals surface area (Å²) in [5.74, 6) is 0.847. The van der Waals surface area contributed by atoms with Gasteiger partial charge in [-0.05, 0) is 24.2 Å². The van der Waals surface area contributed by atoms with Crippen LogP contribution in [0.15, 0.2) is 0 Å². The van der Waals surface area contributed by atoms with E-state index in [4.69, 9.17) is 0 Å². The summed E-state index contributed by atoms with van der Waals surface area (Å²) in [5, 5.41) is 0.644. The summed E-state index contributed by atoms with van der Waals surface area (Å²) in [4.78, 5) is 0. The first-order valence-corrected chi connectivity index (χ1v) is 7.92. The molecular formula is C15H32B2. The van der Waals surface area contributed by atoms with Gasteiger partial charge in [-0.3, -0.25) is 0 Å². The van der Waals surface area contributed by atoms with E-state index in [1.54, 1.807) is 0 Å². The molecule has 0 aromatic rings. The summed E-state index contributed by atoms with van der Waals surface area (Å²) >= 11 is 0. The van der Waals surface area contributed by atoms with E-state index in [9.17, 15) is 0 Å². The second-order valence-corrected chi connectivity index (χ2v) is 7.39. The third-order valence-corrected chi connectivity index (χ3v) is 5.80. The van der Waals surface area contributed by atoms with Gasteiger partial charge in [-0.1, -0.05) is 71.3 Å². The summed E-state index contributed by atoms with van der Waals surface area (Å²) < 4.78 is 0. The van der Waals surface area contributed by atoms with Crippen LogP contribution in [0, 0.1) is 11.3 Å². The van der Waals surface area contributed by atoms with E-state index in [0.29, 0.717) is 10.6 Å². The van der Waals surface area contributed by atoms with Gasteiger partial charge in [0.2, 0.25) is 0 Å². The molecular weight excluding hydrogens is 202 g/mol. The molecule has 0 aromatic heterocycles. The lowest BCUT2D eigenvalue weighted by atomic mass is 9.40. The van der Waals surface area contributed by atoms with E-state index in [0.717, 1.165) is 5.92 Å². The Morgan fingerprint density at radius 3 is 1.71 bits per heavy atom. The second kappa shape index (κ2) is 6.34. The monoisotopic (exact) mass is 234 g/mol. The van der Waals surface area contributed by atoms with Gasteiger partial charge in [0.1, 0.15) is 7.28 Å². The van der Waals surface area contributed by atoms with Gasteiger partial charge in [-0.25, -0.2) is 0 Å². The molecule has 17 heavy (non-hydrogen) atoms. The Morgan fingerprint density at radius 1 is 0.941 bits per heavy atom. The van der Waals surface area contributed by atoms with Crippen molar-refractivity contribution in [3.63, 3.8) is 0 Å². The van der Waals surface area contributed by atoms with E-state index in [1.165, 1.54) is 58.6 Å². The first-order chi connectivity index (χ1) is 7.92. The SMILES string of the molecule is BC1(BC)CCCCC(C)(C(C)C)CCCC1. The highest BCUT2D eigenvalue weighted by atomic mass is 14.3. The minimum atomic E-state index is 0.611. The van der Waals surface area contributed by atoms with Gasteiger partial charge < -0.3 is 0 Å². The molecule has 0 atom stereocenters. The maximum absolute atomic E-state index is 2.53. The molecule has 0 heterocycles. The fraction of sp³-hybridized carbons (Fsp3) is 1.00. The topological polar surface area (TPSA) is 0 Å². The van der Waals surface area contributed by atoms with E-state index in [2.05, 4.69) is 35.4 Å². The number of hydrogen-bond acceptors (Lipinski definition) is 0. The molecule has 1 rings (SSSR count). The number of hydrogen-bond donors (Lipinski definition) is 0. The molecule has 1 saturated carbocycles. The van der Waals surface area contributed by atoms with Crippen molar-refractivity contribution in [1.29, 1.82) is 0 Å². The summed E-state index contributed by atoms with van der Waals surface area (Å²) in [6.07, 6.45) is 11.6. The Hall–Kier alpha value is 0.130. The number of rotatable bonds is 2. The Balaban J connectivity index is 2.56. The van der Waals surface area contributed by atoms with Crippen molar-refractivity contribution in [3.8, 4) is 0 Å². The molecule has 1 aliphatic rings. The zero-order valence-electron chi connectivity index (χ0n) is 12.9. The van der Waals surface area contributed by atoms with E-state index >= 15 is 0 Å². The normalized spacial score (nSPS) is 36.8. The standard InChI is InChI=1S/C15H32B2/c1-13(2)14(3)9-5-7-11-15(16,17-4)12-8-6-10-14/h13,17H,5-12,16H2,1-4H3. The molecule has 0 aliphatic heterocycles. The average Bonchev–Trinajstić information content (AvgIpc) is 2.30. The van der Waals surface area contributed by atoms with Gasteiger partial charge in [0.05, 0.1) is 7.85 Å². The maximum atomic E-state index is 2.53. The summed E-state index contributed by atoms with van der Waals surface area (Å²) in [6.45, 7) is 9.74. The molecule has 1 aliphatic carbocycles. The molecule has 98 valence electrons. The predicted molar refractivity (Wildman–Crippen MR) is 84.1 cm³/mol. The fourth-order valence-electron chi connectivity index (χ4n) is 3.34. The van der Waals surface area contributed by atoms with Gasteiger partial charge in [-0.2, -0.15) is 0 Å². The summed E-state index contributed by atoms with van der Waals surface area (Å²) in [7, 11) is 3.88. The summed E-state index contributed by atoms with van der Waals surface area (Å²) in [5.41, 5.74) is 0.611. The van der Waals surface area contributed by atoms with Crippen LogP contribution in [0.25, 0.3) is 0 Å². The lowest BCUT2D eigenvalue weighted by Gasteiger charge is -2.37. The van der Waals surface area contributed by atoms with Crippen molar-refractivity contribution in [3.05, 3.63) is 0 Å². The molecule has 0 saturated heterocycles. The van der Waals surface area contributed by atoms with E-state index < -0.39 is 0 Å². The molecule has 0 radical (unpaired) electrons. The average molecular weight is 234 g/mol. The van der Waals surface area contributed by atoms with Crippen molar-refractivity contribution < 1.29 is 0 Å². The van der Waals surface area contributed by atoms with Crippen molar-refractivity contribution in [2.45, 2.75) is 84.2 Å². The molecule has 0 spiro atoms.